The highest BCUT2D eigenvalue weighted by atomic mass is 16.2. The van der Waals surface area contributed by atoms with Crippen LogP contribution in [0.4, 0.5) is 10.6 Å². The van der Waals surface area contributed by atoms with Crippen LogP contribution in [0.15, 0.2) is 6.07 Å². The van der Waals surface area contributed by atoms with Crippen LogP contribution in [-0.4, -0.2) is 37.5 Å². The summed E-state index contributed by atoms with van der Waals surface area (Å²) in [4.78, 5) is 15.0. The minimum absolute atomic E-state index is 0.0578. The third-order valence-corrected chi connectivity index (χ3v) is 5.06. The Morgan fingerprint density at radius 1 is 1.36 bits per heavy atom. The summed E-state index contributed by atoms with van der Waals surface area (Å²) in [6.45, 7) is 6.86. The molecule has 25 heavy (non-hydrogen) atoms. The van der Waals surface area contributed by atoms with Gasteiger partial charge in [-0.25, -0.2) is 4.79 Å². The second-order valence-electron chi connectivity index (χ2n) is 6.83. The number of hydrogen-bond donors (Lipinski definition) is 2. The summed E-state index contributed by atoms with van der Waals surface area (Å²) in [7, 11) is 1.86. The molecule has 136 valence electrons. The van der Waals surface area contributed by atoms with E-state index in [1.165, 1.54) is 0 Å². The Bertz CT molecular complexity index is 727. The summed E-state index contributed by atoms with van der Waals surface area (Å²) in [5.41, 5.74) is 4.18. The van der Waals surface area contributed by atoms with Crippen LogP contribution in [0, 0.1) is 13.8 Å². The van der Waals surface area contributed by atoms with E-state index in [0.717, 1.165) is 67.1 Å². The van der Waals surface area contributed by atoms with Crippen LogP contribution >= 0.6 is 0 Å². The molecule has 0 spiro atoms. The van der Waals surface area contributed by atoms with Gasteiger partial charge in [-0.1, -0.05) is 19.8 Å². The van der Waals surface area contributed by atoms with Crippen molar-refractivity contribution in [3.63, 3.8) is 0 Å². The number of rotatable bonds is 3. The number of anilines is 1. The number of likely N-dealkylation sites (tertiary alicyclic amines) is 1. The van der Waals surface area contributed by atoms with Crippen LogP contribution in [-0.2, 0) is 13.5 Å². The Morgan fingerprint density at radius 2 is 2.16 bits per heavy atom. The van der Waals surface area contributed by atoms with E-state index < -0.39 is 0 Å². The van der Waals surface area contributed by atoms with Crippen molar-refractivity contribution in [2.24, 2.45) is 7.05 Å². The van der Waals surface area contributed by atoms with Gasteiger partial charge in [-0.2, -0.15) is 10.2 Å². The molecular weight excluding hydrogens is 316 g/mol. The molecule has 2 aromatic rings. The standard InChI is InChI=1S/C18H28N6O/c1-5-14-11-16(23(4)22-14)19-18(25)24-10-8-6-7-9-15(24)17-12(2)20-21-13(17)3/h11,15H,5-10H2,1-4H3,(H,19,25)(H,20,21). The van der Waals surface area contributed by atoms with Crippen molar-refractivity contribution in [2.45, 2.75) is 58.9 Å². The second-order valence-corrected chi connectivity index (χ2v) is 6.83. The van der Waals surface area contributed by atoms with Gasteiger partial charge in [0, 0.05) is 30.9 Å². The molecule has 1 aliphatic rings. The van der Waals surface area contributed by atoms with Gasteiger partial charge in [-0.05, 0) is 33.1 Å². The van der Waals surface area contributed by atoms with Crippen molar-refractivity contribution in [3.05, 3.63) is 28.7 Å². The van der Waals surface area contributed by atoms with Gasteiger partial charge >= 0.3 is 6.03 Å². The molecule has 3 heterocycles. The van der Waals surface area contributed by atoms with Gasteiger partial charge in [0.25, 0.3) is 0 Å². The number of hydrogen-bond acceptors (Lipinski definition) is 3. The van der Waals surface area contributed by atoms with Crippen LogP contribution in [0.5, 0.6) is 0 Å². The van der Waals surface area contributed by atoms with E-state index >= 15 is 0 Å². The molecule has 0 bridgehead atoms. The van der Waals surface area contributed by atoms with Gasteiger partial charge < -0.3 is 4.90 Å². The lowest BCUT2D eigenvalue weighted by molar-refractivity contribution is 0.189. The predicted molar refractivity (Wildman–Crippen MR) is 97.6 cm³/mol. The zero-order chi connectivity index (χ0) is 18.0. The van der Waals surface area contributed by atoms with E-state index in [4.69, 9.17) is 0 Å². The van der Waals surface area contributed by atoms with Crippen molar-refractivity contribution >= 4 is 11.8 Å². The number of nitrogens with one attached hydrogen (secondary N) is 2. The molecule has 0 saturated carbocycles. The minimum atomic E-state index is -0.0578. The first-order chi connectivity index (χ1) is 12.0. The first-order valence-electron chi connectivity index (χ1n) is 9.13. The van der Waals surface area contributed by atoms with Crippen LogP contribution < -0.4 is 5.32 Å². The fourth-order valence-electron chi connectivity index (χ4n) is 3.70. The fourth-order valence-corrected chi connectivity index (χ4v) is 3.70. The summed E-state index contributed by atoms with van der Waals surface area (Å²) in [6.07, 6.45) is 5.14. The van der Waals surface area contributed by atoms with Crippen molar-refractivity contribution in [1.82, 2.24) is 24.9 Å². The van der Waals surface area contributed by atoms with Gasteiger partial charge in [0.15, 0.2) is 0 Å². The molecule has 2 amide bonds. The SMILES string of the molecule is CCc1cc(NC(=O)N2CCCCCC2c2c(C)n[nH]c2C)n(C)n1. The zero-order valence-electron chi connectivity index (χ0n) is 15.6. The average molecular weight is 344 g/mol. The first kappa shape index (κ1) is 17.5. The maximum Gasteiger partial charge on any atom is 0.323 e. The monoisotopic (exact) mass is 344 g/mol. The van der Waals surface area contributed by atoms with Gasteiger partial charge in [-0.3, -0.25) is 15.1 Å². The van der Waals surface area contributed by atoms with Crippen LogP contribution in [0.3, 0.4) is 0 Å². The van der Waals surface area contributed by atoms with Crippen molar-refractivity contribution in [3.8, 4) is 0 Å². The lowest BCUT2D eigenvalue weighted by Crippen LogP contribution is -2.38. The smallest absolute Gasteiger partial charge is 0.317 e. The molecule has 7 nitrogen and oxygen atoms in total. The molecule has 3 rings (SSSR count). The summed E-state index contributed by atoms with van der Waals surface area (Å²) >= 11 is 0. The highest BCUT2D eigenvalue weighted by Gasteiger charge is 2.30. The molecule has 1 fully saturated rings. The maximum atomic E-state index is 13.0. The highest BCUT2D eigenvalue weighted by Crippen LogP contribution is 2.33. The van der Waals surface area contributed by atoms with Crippen molar-refractivity contribution in [1.29, 1.82) is 0 Å². The number of H-pyrrole nitrogens is 1. The third kappa shape index (κ3) is 3.55. The van der Waals surface area contributed by atoms with Crippen LogP contribution in [0.2, 0.25) is 0 Å². The quantitative estimate of drug-likeness (QED) is 0.895. The number of aromatic amines is 1. The second kappa shape index (κ2) is 7.29. The highest BCUT2D eigenvalue weighted by molar-refractivity contribution is 5.89. The molecule has 1 saturated heterocycles. The third-order valence-electron chi connectivity index (χ3n) is 5.06. The van der Waals surface area contributed by atoms with Crippen molar-refractivity contribution < 1.29 is 4.79 Å². The summed E-state index contributed by atoms with van der Waals surface area (Å²) in [5.74, 6) is 0.741. The molecule has 1 atom stereocenters. The van der Waals surface area contributed by atoms with E-state index in [1.54, 1.807) is 4.68 Å². The molecule has 2 aromatic heterocycles. The van der Waals surface area contributed by atoms with Gasteiger partial charge in [0.1, 0.15) is 5.82 Å². The Morgan fingerprint density at radius 3 is 2.80 bits per heavy atom. The normalized spacial score (nSPS) is 18.2. The molecule has 0 aromatic carbocycles. The first-order valence-corrected chi connectivity index (χ1v) is 9.13. The lowest BCUT2D eigenvalue weighted by Gasteiger charge is -2.30. The van der Waals surface area contributed by atoms with Crippen LogP contribution in [0.1, 0.15) is 61.3 Å². The average Bonchev–Trinajstić information content (AvgIpc) is 3.00. The lowest BCUT2D eigenvalue weighted by atomic mass is 9.99. The maximum absolute atomic E-state index is 13.0. The zero-order valence-corrected chi connectivity index (χ0v) is 15.6. The largest absolute Gasteiger partial charge is 0.323 e. The van der Waals surface area contributed by atoms with E-state index in [0.29, 0.717) is 0 Å². The molecule has 0 aliphatic carbocycles. The predicted octanol–water partition coefficient (Wildman–Crippen LogP) is 3.47. The molecule has 1 unspecified atom stereocenters. The van der Waals surface area contributed by atoms with E-state index in [9.17, 15) is 4.79 Å². The Labute approximate surface area is 148 Å². The Kier molecular flexibility index (Phi) is 5.11. The van der Waals surface area contributed by atoms with Gasteiger partial charge in [0.05, 0.1) is 17.4 Å². The van der Waals surface area contributed by atoms with E-state index in [1.807, 2.05) is 31.9 Å². The summed E-state index contributed by atoms with van der Waals surface area (Å²) in [5, 5.41) is 14.9. The molecule has 7 heteroatoms. The summed E-state index contributed by atoms with van der Waals surface area (Å²) < 4.78 is 1.73. The molecule has 2 N–H and O–H groups in total. The van der Waals surface area contributed by atoms with Gasteiger partial charge in [0.2, 0.25) is 0 Å². The number of aromatic nitrogens is 4. The number of carbonyl (C=O) groups is 1. The molecule has 1 aliphatic heterocycles. The van der Waals surface area contributed by atoms with E-state index in [2.05, 4.69) is 27.5 Å². The number of nitrogens with zero attached hydrogens (tertiary/aromatic N) is 4. The van der Waals surface area contributed by atoms with Crippen molar-refractivity contribution in [2.75, 3.05) is 11.9 Å². The van der Waals surface area contributed by atoms with Crippen LogP contribution in [0.25, 0.3) is 0 Å². The summed E-state index contributed by atoms with van der Waals surface area (Å²) in [6, 6.07) is 1.96. The Hall–Kier alpha value is -2.31. The van der Waals surface area contributed by atoms with E-state index in [-0.39, 0.29) is 12.1 Å². The molecular formula is C18H28N6O. The number of urea groups is 1. The number of carbonyl (C=O) groups excluding carboxylic acids is 1. The fraction of sp³-hybridized carbons (Fsp3) is 0.611. The topological polar surface area (TPSA) is 78.8 Å². The number of aryl methyl sites for hydroxylation is 4. The Balaban J connectivity index is 1.85. The van der Waals surface area contributed by atoms with Gasteiger partial charge in [-0.15, -0.1) is 0 Å². The molecule has 0 radical (unpaired) electrons. The number of amides is 2. The minimum Gasteiger partial charge on any atom is -0.317 e.